The molecule has 0 saturated heterocycles. The second kappa shape index (κ2) is 6.39. The number of alkyl halides is 6. The molecule has 0 bridgehead atoms. The van der Waals surface area contributed by atoms with E-state index in [0.717, 1.165) is 0 Å². The molecule has 0 fully saturated rings. The predicted octanol–water partition coefficient (Wildman–Crippen LogP) is 7.23. The van der Waals surface area contributed by atoms with Crippen molar-refractivity contribution in [2.75, 3.05) is 0 Å². The van der Waals surface area contributed by atoms with Crippen LogP contribution < -0.4 is 0 Å². The van der Waals surface area contributed by atoms with Gasteiger partial charge >= 0.3 is 0 Å². The van der Waals surface area contributed by atoms with E-state index in [1.807, 2.05) is 6.07 Å². The van der Waals surface area contributed by atoms with E-state index < -0.39 is 3.23 Å². The standard InChI is InChI=1S/C14H12Br6/c1-9(10-5-3-2-4-6-10)12(16)8-7-11(15)13(17,18)14(12,19)20/h2-9,11H,1H3. The molecule has 2 rings (SSSR count). The van der Waals surface area contributed by atoms with Crippen LogP contribution >= 0.6 is 95.6 Å². The minimum Gasteiger partial charge on any atom is -0.0820 e. The first kappa shape index (κ1) is 18.2. The SMILES string of the molecule is CC(c1ccccc1)C1(Br)C=CC(Br)C(Br)(Br)C1(Br)Br. The lowest BCUT2D eigenvalue weighted by molar-refractivity contribution is 0.525. The first-order valence-electron chi connectivity index (χ1n) is 5.97. The van der Waals surface area contributed by atoms with Gasteiger partial charge in [-0.3, -0.25) is 0 Å². The summed E-state index contributed by atoms with van der Waals surface area (Å²) >= 11 is 23.0. The molecule has 1 aliphatic rings. The van der Waals surface area contributed by atoms with Crippen LogP contribution in [0.2, 0.25) is 0 Å². The average molecular weight is 660 g/mol. The molecule has 1 aromatic carbocycles. The van der Waals surface area contributed by atoms with Gasteiger partial charge < -0.3 is 0 Å². The maximum atomic E-state index is 3.96. The lowest BCUT2D eigenvalue weighted by Gasteiger charge is -2.52. The van der Waals surface area contributed by atoms with E-state index in [4.69, 9.17) is 0 Å². The van der Waals surface area contributed by atoms with Crippen molar-refractivity contribution in [2.45, 2.75) is 28.5 Å². The van der Waals surface area contributed by atoms with Crippen LogP contribution in [0.15, 0.2) is 42.5 Å². The Labute approximate surface area is 170 Å². The van der Waals surface area contributed by atoms with Crippen molar-refractivity contribution in [1.29, 1.82) is 0 Å². The second-order valence-electron chi connectivity index (χ2n) is 4.86. The van der Waals surface area contributed by atoms with Gasteiger partial charge in [-0.1, -0.05) is 145 Å². The van der Waals surface area contributed by atoms with Crippen LogP contribution in [0.5, 0.6) is 0 Å². The summed E-state index contributed by atoms with van der Waals surface area (Å²) in [5.41, 5.74) is 1.28. The maximum absolute atomic E-state index is 3.96. The predicted molar refractivity (Wildman–Crippen MR) is 110 cm³/mol. The Morgan fingerprint density at radius 2 is 1.55 bits per heavy atom. The van der Waals surface area contributed by atoms with Gasteiger partial charge in [-0.05, 0) is 5.56 Å². The molecule has 0 spiro atoms. The van der Waals surface area contributed by atoms with Crippen LogP contribution in [0.1, 0.15) is 18.4 Å². The zero-order chi connectivity index (χ0) is 15.2. The molecule has 0 aromatic heterocycles. The van der Waals surface area contributed by atoms with Gasteiger partial charge in [0.15, 0.2) is 0 Å². The van der Waals surface area contributed by atoms with Crippen molar-refractivity contribution in [1.82, 2.24) is 0 Å². The van der Waals surface area contributed by atoms with E-state index in [9.17, 15) is 0 Å². The third kappa shape index (κ3) is 2.83. The number of benzene rings is 1. The van der Waals surface area contributed by atoms with Crippen LogP contribution in [0.4, 0.5) is 0 Å². The van der Waals surface area contributed by atoms with Crippen molar-refractivity contribution in [3.63, 3.8) is 0 Å². The van der Waals surface area contributed by atoms with Gasteiger partial charge in [-0.25, -0.2) is 0 Å². The number of allylic oxidation sites excluding steroid dienone is 2. The minimum atomic E-state index is -0.432. The molecule has 1 aliphatic carbocycles. The van der Waals surface area contributed by atoms with Crippen LogP contribution in [-0.4, -0.2) is 15.6 Å². The summed E-state index contributed by atoms with van der Waals surface area (Å²) in [6, 6.07) is 10.5. The van der Waals surface area contributed by atoms with Crippen LogP contribution in [-0.2, 0) is 0 Å². The average Bonchev–Trinajstić information content (AvgIpc) is 2.42. The van der Waals surface area contributed by atoms with Gasteiger partial charge in [-0.15, -0.1) is 0 Å². The largest absolute Gasteiger partial charge is 0.126 e. The second-order valence-corrected chi connectivity index (χ2v) is 14.2. The molecule has 3 atom stereocenters. The molecule has 0 saturated carbocycles. The van der Waals surface area contributed by atoms with Gasteiger partial charge in [0.1, 0.15) is 6.47 Å². The molecule has 0 heterocycles. The lowest BCUT2D eigenvalue weighted by atomic mass is 9.81. The van der Waals surface area contributed by atoms with Gasteiger partial charge in [-0.2, -0.15) is 0 Å². The molecule has 0 aliphatic heterocycles. The zero-order valence-corrected chi connectivity index (χ0v) is 20.0. The van der Waals surface area contributed by atoms with Crippen molar-refractivity contribution in [3.8, 4) is 0 Å². The Balaban J connectivity index is 2.51. The summed E-state index contributed by atoms with van der Waals surface area (Å²) in [7, 11) is 0. The molecule has 0 radical (unpaired) electrons. The summed E-state index contributed by atoms with van der Waals surface area (Å²) in [5, 5.41) is 0. The highest BCUT2D eigenvalue weighted by Crippen LogP contribution is 2.66. The third-order valence-electron chi connectivity index (χ3n) is 3.68. The van der Waals surface area contributed by atoms with Gasteiger partial charge in [0.2, 0.25) is 0 Å². The maximum Gasteiger partial charge on any atom is 0.126 e. The van der Waals surface area contributed by atoms with Crippen LogP contribution in [0.3, 0.4) is 0 Å². The quantitative estimate of drug-likeness (QED) is 0.232. The summed E-state index contributed by atoms with van der Waals surface area (Å²) in [5.74, 6) is 0.258. The fourth-order valence-corrected chi connectivity index (χ4v) is 7.06. The third-order valence-corrected chi connectivity index (χ3v) is 15.4. The molecule has 110 valence electrons. The van der Waals surface area contributed by atoms with E-state index in [1.165, 1.54) is 5.56 Å². The Morgan fingerprint density at radius 1 is 1.00 bits per heavy atom. The van der Waals surface area contributed by atoms with Gasteiger partial charge in [0.25, 0.3) is 0 Å². The minimum absolute atomic E-state index is 0.141. The summed E-state index contributed by atoms with van der Waals surface area (Å²) in [4.78, 5) is 0.141. The molecule has 0 amide bonds. The first-order chi connectivity index (χ1) is 9.14. The zero-order valence-electron chi connectivity index (χ0n) is 10.5. The lowest BCUT2D eigenvalue weighted by Crippen LogP contribution is -2.58. The number of hydrogen-bond acceptors (Lipinski definition) is 0. The van der Waals surface area contributed by atoms with Crippen molar-refractivity contribution in [3.05, 3.63) is 48.0 Å². The molecule has 6 heteroatoms. The van der Waals surface area contributed by atoms with E-state index in [-0.39, 0.29) is 18.3 Å². The molecule has 3 unspecified atom stereocenters. The van der Waals surface area contributed by atoms with Gasteiger partial charge in [0.05, 0.1) is 9.15 Å². The summed E-state index contributed by atoms with van der Waals surface area (Å²) in [6.07, 6.45) is 4.35. The van der Waals surface area contributed by atoms with E-state index in [2.05, 4.69) is 139 Å². The number of hydrogen-bond donors (Lipinski definition) is 0. The fourth-order valence-electron chi connectivity index (χ4n) is 2.28. The Kier molecular flexibility index (Phi) is 5.81. The molecule has 1 aromatic rings. The highest BCUT2D eigenvalue weighted by molar-refractivity contribution is 9.31. The molecular formula is C14H12Br6. The highest BCUT2D eigenvalue weighted by Gasteiger charge is 2.63. The van der Waals surface area contributed by atoms with E-state index in [0.29, 0.717) is 0 Å². The Bertz CT molecular complexity index is 510. The van der Waals surface area contributed by atoms with Crippen LogP contribution in [0, 0.1) is 0 Å². The number of halogens is 6. The van der Waals surface area contributed by atoms with Crippen molar-refractivity contribution in [2.24, 2.45) is 0 Å². The van der Waals surface area contributed by atoms with Gasteiger partial charge in [0, 0.05) is 5.92 Å². The molecule has 20 heavy (non-hydrogen) atoms. The molecule has 0 nitrogen and oxygen atoms in total. The Hall–Kier alpha value is 1.84. The number of rotatable bonds is 2. The monoisotopic (exact) mass is 654 g/mol. The molecule has 0 N–H and O–H groups in total. The van der Waals surface area contributed by atoms with E-state index in [1.54, 1.807) is 0 Å². The van der Waals surface area contributed by atoms with Crippen molar-refractivity contribution >= 4 is 95.6 Å². The first-order valence-corrected chi connectivity index (χ1v) is 10.9. The van der Waals surface area contributed by atoms with Crippen LogP contribution in [0.25, 0.3) is 0 Å². The summed E-state index contributed by atoms with van der Waals surface area (Å²) in [6.45, 7) is 2.22. The highest BCUT2D eigenvalue weighted by atomic mass is 79.9. The van der Waals surface area contributed by atoms with E-state index >= 15 is 0 Å². The normalized spacial score (nSPS) is 32.9. The summed E-state index contributed by atoms with van der Waals surface area (Å²) < 4.78 is -1.12. The smallest absolute Gasteiger partial charge is 0.0820 e. The van der Waals surface area contributed by atoms with Crippen molar-refractivity contribution < 1.29 is 0 Å². The topological polar surface area (TPSA) is 0 Å². The fraction of sp³-hybridized carbons (Fsp3) is 0.429. The Morgan fingerprint density at radius 3 is 2.10 bits per heavy atom. The molecular weight excluding hydrogens is 648 g/mol.